The number of likely N-dealkylation sites (tertiary alicyclic amines) is 1. The van der Waals surface area contributed by atoms with Crippen LogP contribution in [0.3, 0.4) is 0 Å². The summed E-state index contributed by atoms with van der Waals surface area (Å²) < 4.78 is 26.0. The quantitative estimate of drug-likeness (QED) is 0.828. The van der Waals surface area contributed by atoms with Crippen molar-refractivity contribution < 1.29 is 13.2 Å². The smallest absolute Gasteiger partial charge is 0.220 e. The van der Waals surface area contributed by atoms with Crippen molar-refractivity contribution in [2.45, 2.75) is 47.9 Å². The van der Waals surface area contributed by atoms with Crippen molar-refractivity contribution >= 4 is 27.3 Å². The number of rotatable bonds is 5. The van der Waals surface area contributed by atoms with Crippen molar-refractivity contribution in [2.24, 2.45) is 0 Å². The van der Waals surface area contributed by atoms with Gasteiger partial charge in [0.05, 0.1) is 27.3 Å². The fraction of sp³-hybridized carbons (Fsp3) is 0.444. The molecule has 1 heterocycles. The maximum Gasteiger partial charge on any atom is 0.220 e. The van der Waals surface area contributed by atoms with E-state index in [1.54, 1.807) is 12.1 Å². The molecule has 1 saturated heterocycles. The monoisotopic (exact) mass is 393 g/mol. The number of benzene rings is 1. The van der Waals surface area contributed by atoms with Gasteiger partial charge in [-0.3, -0.25) is 4.79 Å². The van der Waals surface area contributed by atoms with E-state index in [-0.39, 0.29) is 28.8 Å². The molecule has 8 heteroatoms. The lowest BCUT2D eigenvalue weighted by atomic mass is 10.1. The first-order chi connectivity index (χ1) is 12.2. The van der Waals surface area contributed by atoms with Crippen molar-refractivity contribution in [3.8, 4) is 6.07 Å². The average Bonchev–Trinajstić information content (AvgIpc) is 3.20. The Bertz CT molecular complexity index is 903. The summed E-state index contributed by atoms with van der Waals surface area (Å²) in [4.78, 5) is 13.6. The van der Waals surface area contributed by atoms with Crippen molar-refractivity contribution in [3.05, 3.63) is 41.6 Å². The Morgan fingerprint density at radius 2 is 2.08 bits per heavy atom. The summed E-state index contributed by atoms with van der Waals surface area (Å²) in [6.45, 7) is 5.45. The number of carbonyl (C=O) groups excluding carboxylic acids is 1. The van der Waals surface area contributed by atoms with E-state index in [0.29, 0.717) is 5.70 Å². The van der Waals surface area contributed by atoms with E-state index in [1.807, 2.05) is 0 Å². The molecule has 2 aliphatic rings. The van der Waals surface area contributed by atoms with E-state index in [1.165, 1.54) is 24.0 Å². The molecule has 0 spiro atoms. The first-order valence-electron chi connectivity index (χ1n) is 8.34. The fourth-order valence-electron chi connectivity index (χ4n) is 3.34. The summed E-state index contributed by atoms with van der Waals surface area (Å²) in [5.74, 6) is -0.225. The molecule has 1 aliphatic heterocycles. The molecule has 1 aliphatic carbocycles. The fourth-order valence-corrected chi connectivity index (χ4v) is 5.55. The maximum atomic E-state index is 13.0. The van der Waals surface area contributed by atoms with Gasteiger partial charge in [0.15, 0.2) is 9.84 Å². The van der Waals surface area contributed by atoms with Crippen LogP contribution in [0.5, 0.6) is 0 Å². The minimum Gasteiger partial charge on any atom is -0.369 e. The molecule has 1 saturated carbocycles. The number of hydrogen-bond acceptors (Lipinski definition) is 5. The Hall–Kier alpha value is -2.04. The van der Waals surface area contributed by atoms with Crippen LogP contribution in [0.4, 0.5) is 0 Å². The van der Waals surface area contributed by atoms with Crippen LogP contribution in [0, 0.1) is 11.3 Å². The summed E-state index contributed by atoms with van der Waals surface area (Å²) in [5.41, 5.74) is -0.115. The Morgan fingerprint density at radius 3 is 2.62 bits per heavy atom. The zero-order valence-corrected chi connectivity index (χ0v) is 16.0. The predicted octanol–water partition coefficient (Wildman–Crippen LogP) is 2.26. The summed E-state index contributed by atoms with van der Waals surface area (Å²) in [5, 5.41) is 11.7. The molecule has 2 fully saturated rings. The van der Waals surface area contributed by atoms with Crippen molar-refractivity contribution in [1.29, 1.82) is 5.26 Å². The van der Waals surface area contributed by atoms with Crippen molar-refractivity contribution in [2.75, 3.05) is 6.54 Å². The van der Waals surface area contributed by atoms with Crippen LogP contribution >= 0.6 is 11.6 Å². The van der Waals surface area contributed by atoms with E-state index in [2.05, 4.69) is 18.0 Å². The average molecular weight is 394 g/mol. The van der Waals surface area contributed by atoms with Gasteiger partial charge in [0.2, 0.25) is 5.91 Å². The van der Waals surface area contributed by atoms with E-state index < -0.39 is 26.7 Å². The van der Waals surface area contributed by atoms with Crippen LogP contribution < -0.4 is 5.32 Å². The van der Waals surface area contributed by atoms with Crippen molar-refractivity contribution in [3.63, 3.8) is 0 Å². The number of nitrogens with one attached hydrogen (secondary N) is 1. The van der Waals surface area contributed by atoms with Gasteiger partial charge in [0.25, 0.3) is 0 Å². The van der Waals surface area contributed by atoms with Crippen LogP contribution in [0.1, 0.15) is 26.2 Å². The summed E-state index contributed by atoms with van der Waals surface area (Å²) in [6, 6.07) is 8.05. The normalized spacial score (nSPS) is 24.0. The van der Waals surface area contributed by atoms with Gasteiger partial charge in [-0.1, -0.05) is 30.3 Å². The van der Waals surface area contributed by atoms with Crippen LogP contribution in [0.2, 0.25) is 5.02 Å². The zero-order valence-electron chi connectivity index (χ0n) is 14.4. The first-order valence-corrected chi connectivity index (χ1v) is 10.3. The first kappa shape index (κ1) is 18.7. The van der Waals surface area contributed by atoms with Gasteiger partial charge in [-0.15, -0.1) is 0 Å². The molecule has 1 aromatic carbocycles. The summed E-state index contributed by atoms with van der Waals surface area (Å²) >= 11 is 6.07. The van der Waals surface area contributed by atoms with Gasteiger partial charge < -0.3 is 10.2 Å². The van der Waals surface area contributed by atoms with E-state index in [4.69, 9.17) is 11.6 Å². The lowest BCUT2D eigenvalue weighted by Crippen LogP contribution is -2.42. The Morgan fingerprint density at radius 1 is 1.42 bits per heavy atom. The molecular formula is C18H20ClN3O3S. The molecule has 0 radical (unpaired) electrons. The van der Waals surface area contributed by atoms with Gasteiger partial charge >= 0.3 is 0 Å². The highest BCUT2D eigenvalue weighted by Crippen LogP contribution is 2.38. The number of nitriles is 1. The molecule has 1 aromatic rings. The largest absolute Gasteiger partial charge is 0.369 e. The predicted molar refractivity (Wildman–Crippen MR) is 98.1 cm³/mol. The lowest BCUT2D eigenvalue weighted by molar-refractivity contribution is -0.129. The van der Waals surface area contributed by atoms with Gasteiger partial charge in [0.1, 0.15) is 5.54 Å². The third kappa shape index (κ3) is 3.31. The van der Waals surface area contributed by atoms with Crippen molar-refractivity contribution in [1.82, 2.24) is 10.2 Å². The number of halogens is 1. The molecule has 6 nitrogen and oxygen atoms in total. The van der Waals surface area contributed by atoms with Gasteiger partial charge in [-0.25, -0.2) is 8.42 Å². The number of amides is 1. The topological polar surface area (TPSA) is 90.3 Å². The van der Waals surface area contributed by atoms with Crippen LogP contribution in [-0.2, 0) is 14.6 Å². The molecule has 138 valence electrons. The minimum atomic E-state index is -3.70. The number of hydrogen-bond donors (Lipinski definition) is 1. The van der Waals surface area contributed by atoms with Crippen LogP contribution in [0.25, 0.3) is 0 Å². The number of carbonyl (C=O) groups is 1. The standard InChI is InChI=1S/C18H20ClN3O3S/c1-12(21-18(11-20)7-8-18)16-9-14(10-22(16)13(2)23)26(24,25)17-6-4-3-5-15(17)19/h3-6,14,16,21H,1,7-10H2,2H3/t14-,16+/m1/s1. The summed E-state index contributed by atoms with van der Waals surface area (Å²) in [6.07, 6.45) is 1.66. The van der Waals surface area contributed by atoms with Gasteiger partial charge in [0, 0.05) is 19.2 Å². The third-order valence-corrected chi connectivity index (χ3v) is 7.65. The second-order valence-corrected chi connectivity index (χ2v) is 9.47. The lowest BCUT2D eigenvalue weighted by Gasteiger charge is -2.27. The molecule has 2 atom stereocenters. The molecule has 0 aromatic heterocycles. The van der Waals surface area contributed by atoms with Gasteiger partial charge in [-0.05, 0) is 31.4 Å². The molecule has 26 heavy (non-hydrogen) atoms. The number of sulfone groups is 1. The highest BCUT2D eigenvalue weighted by molar-refractivity contribution is 7.92. The maximum absolute atomic E-state index is 13.0. The summed E-state index contributed by atoms with van der Waals surface area (Å²) in [7, 11) is -3.70. The molecule has 3 rings (SSSR count). The number of nitrogens with zero attached hydrogens (tertiary/aromatic N) is 2. The van der Waals surface area contributed by atoms with Crippen LogP contribution in [0.15, 0.2) is 41.4 Å². The molecule has 1 N–H and O–H groups in total. The SMILES string of the molecule is C=C(NC1(C#N)CC1)[C@@H]1C[C@@H](S(=O)(=O)c2ccccc2Cl)CN1C(C)=O. The zero-order chi connectivity index (χ0) is 19.1. The van der Waals surface area contributed by atoms with E-state index in [0.717, 1.165) is 12.8 Å². The highest BCUT2D eigenvalue weighted by atomic mass is 35.5. The second kappa shape index (κ2) is 6.60. The molecular weight excluding hydrogens is 374 g/mol. The Labute approximate surface area is 158 Å². The third-order valence-electron chi connectivity index (χ3n) is 5.02. The van der Waals surface area contributed by atoms with E-state index >= 15 is 0 Å². The van der Waals surface area contributed by atoms with E-state index in [9.17, 15) is 18.5 Å². The van der Waals surface area contributed by atoms with Crippen LogP contribution in [-0.4, -0.2) is 42.6 Å². The molecule has 0 unspecified atom stereocenters. The van der Waals surface area contributed by atoms with Gasteiger partial charge in [-0.2, -0.15) is 5.26 Å². The highest BCUT2D eigenvalue weighted by Gasteiger charge is 2.47. The molecule has 1 amide bonds. The second-order valence-electron chi connectivity index (χ2n) is 6.86. The minimum absolute atomic E-state index is 0.0741. The Kier molecular flexibility index (Phi) is 4.76. The Balaban J connectivity index is 1.85. The molecule has 0 bridgehead atoms.